The van der Waals surface area contributed by atoms with Gasteiger partial charge in [0.05, 0.1) is 12.0 Å². The first-order chi connectivity index (χ1) is 10.0. The van der Waals surface area contributed by atoms with Gasteiger partial charge in [0.2, 0.25) is 0 Å². The minimum Gasteiger partial charge on any atom is -0.490 e. The number of ether oxygens (including phenoxy) is 1. The van der Waals surface area contributed by atoms with E-state index in [2.05, 4.69) is 21.2 Å². The van der Waals surface area contributed by atoms with Gasteiger partial charge in [-0.05, 0) is 30.9 Å². The molecule has 1 amide bonds. The summed E-state index contributed by atoms with van der Waals surface area (Å²) in [5, 5.41) is 13.8. The lowest BCUT2D eigenvalue weighted by atomic mass is 10.1. The van der Waals surface area contributed by atoms with Crippen LogP contribution in [0.25, 0.3) is 0 Å². The van der Waals surface area contributed by atoms with Gasteiger partial charge in [-0.3, -0.25) is 14.9 Å². The van der Waals surface area contributed by atoms with Crippen LogP contribution in [0.2, 0.25) is 0 Å². The van der Waals surface area contributed by atoms with Crippen LogP contribution in [-0.4, -0.2) is 29.3 Å². The molecular formula is C14H17BrN2O4. The smallest absolute Gasteiger partial charge is 0.311 e. The predicted molar refractivity (Wildman–Crippen MR) is 82.0 cm³/mol. The standard InChI is InChI=1S/C14H17BrN2O4/c1-21-13-6-5-9(7-12(13)17(19)20)14(18)16-8-10-3-2-4-11(10)15/h5-7,10-11H,2-4,8H2,1H3,(H,16,18). The molecule has 1 aliphatic carbocycles. The van der Waals surface area contributed by atoms with Gasteiger partial charge in [-0.2, -0.15) is 0 Å². The third-order valence-corrected chi connectivity index (χ3v) is 4.93. The fraction of sp³-hybridized carbons (Fsp3) is 0.500. The van der Waals surface area contributed by atoms with Crippen LogP contribution < -0.4 is 10.1 Å². The number of benzene rings is 1. The maximum Gasteiger partial charge on any atom is 0.311 e. The number of amides is 1. The zero-order valence-corrected chi connectivity index (χ0v) is 13.3. The lowest BCUT2D eigenvalue weighted by Gasteiger charge is -2.14. The highest BCUT2D eigenvalue weighted by atomic mass is 79.9. The molecule has 1 saturated carbocycles. The first-order valence-electron chi connectivity index (χ1n) is 6.77. The Labute approximate surface area is 131 Å². The minimum absolute atomic E-state index is 0.146. The van der Waals surface area contributed by atoms with Gasteiger partial charge in [0.15, 0.2) is 5.75 Å². The molecule has 1 aromatic rings. The molecular weight excluding hydrogens is 340 g/mol. The number of nitro benzene ring substituents is 1. The average Bonchev–Trinajstić information content (AvgIpc) is 2.89. The second-order valence-electron chi connectivity index (χ2n) is 5.06. The summed E-state index contributed by atoms with van der Waals surface area (Å²) in [5.74, 6) is 0.266. The molecule has 2 rings (SSSR count). The molecule has 0 spiro atoms. The number of rotatable bonds is 5. The van der Waals surface area contributed by atoms with E-state index in [1.54, 1.807) is 0 Å². The lowest BCUT2D eigenvalue weighted by Crippen LogP contribution is -2.31. The Bertz CT molecular complexity index is 550. The maximum absolute atomic E-state index is 12.1. The number of hydrogen-bond acceptors (Lipinski definition) is 4. The Kier molecular flexibility index (Phi) is 5.17. The van der Waals surface area contributed by atoms with Crippen LogP contribution in [0.1, 0.15) is 29.6 Å². The summed E-state index contributed by atoms with van der Waals surface area (Å²) in [6.45, 7) is 0.578. The Morgan fingerprint density at radius 1 is 1.52 bits per heavy atom. The van der Waals surface area contributed by atoms with Crippen molar-refractivity contribution < 1.29 is 14.5 Å². The summed E-state index contributed by atoms with van der Waals surface area (Å²) in [6.07, 6.45) is 3.36. The summed E-state index contributed by atoms with van der Waals surface area (Å²) in [5.41, 5.74) is 0.0657. The third-order valence-electron chi connectivity index (χ3n) is 3.73. The van der Waals surface area contributed by atoms with Crippen LogP contribution in [-0.2, 0) is 0 Å². The fourth-order valence-electron chi connectivity index (χ4n) is 2.52. The minimum atomic E-state index is -0.554. The molecule has 0 radical (unpaired) electrons. The van der Waals surface area contributed by atoms with Crippen molar-refractivity contribution in [3.05, 3.63) is 33.9 Å². The van der Waals surface area contributed by atoms with E-state index in [-0.39, 0.29) is 22.9 Å². The van der Waals surface area contributed by atoms with Crippen LogP contribution >= 0.6 is 15.9 Å². The summed E-state index contributed by atoms with van der Waals surface area (Å²) >= 11 is 3.60. The van der Waals surface area contributed by atoms with Crippen molar-refractivity contribution >= 4 is 27.5 Å². The zero-order chi connectivity index (χ0) is 15.4. The molecule has 21 heavy (non-hydrogen) atoms. The predicted octanol–water partition coefficient (Wildman–Crippen LogP) is 2.90. The normalized spacial score (nSPS) is 21.0. The van der Waals surface area contributed by atoms with Crippen LogP contribution in [0.5, 0.6) is 5.75 Å². The first-order valence-corrected chi connectivity index (χ1v) is 7.69. The van der Waals surface area contributed by atoms with Gasteiger partial charge < -0.3 is 10.1 Å². The van der Waals surface area contributed by atoms with E-state index in [1.165, 1.54) is 25.3 Å². The molecule has 7 heteroatoms. The van der Waals surface area contributed by atoms with Crippen LogP contribution in [0.4, 0.5) is 5.69 Å². The molecule has 6 nitrogen and oxygen atoms in total. The molecule has 0 saturated heterocycles. The van der Waals surface area contributed by atoms with E-state index in [4.69, 9.17) is 4.74 Å². The number of alkyl halides is 1. The molecule has 1 aromatic carbocycles. The average molecular weight is 357 g/mol. The monoisotopic (exact) mass is 356 g/mol. The fourth-order valence-corrected chi connectivity index (χ4v) is 3.30. The largest absolute Gasteiger partial charge is 0.490 e. The zero-order valence-electron chi connectivity index (χ0n) is 11.7. The highest BCUT2D eigenvalue weighted by Crippen LogP contribution is 2.31. The maximum atomic E-state index is 12.1. The second kappa shape index (κ2) is 6.89. The van der Waals surface area contributed by atoms with E-state index in [9.17, 15) is 14.9 Å². The van der Waals surface area contributed by atoms with Gasteiger partial charge in [0.25, 0.3) is 5.91 Å². The van der Waals surface area contributed by atoms with Gasteiger partial charge >= 0.3 is 5.69 Å². The number of hydrogen-bond donors (Lipinski definition) is 1. The summed E-state index contributed by atoms with van der Waals surface area (Å²) in [4.78, 5) is 22.9. The summed E-state index contributed by atoms with van der Waals surface area (Å²) in [7, 11) is 1.36. The molecule has 2 atom stereocenters. The van der Waals surface area contributed by atoms with Crippen LogP contribution in [0, 0.1) is 16.0 Å². The highest BCUT2D eigenvalue weighted by Gasteiger charge is 2.25. The Balaban J connectivity index is 2.05. The van der Waals surface area contributed by atoms with E-state index in [1.807, 2.05) is 0 Å². The summed E-state index contributed by atoms with van der Waals surface area (Å²) < 4.78 is 4.92. The number of nitrogens with one attached hydrogen (secondary N) is 1. The van der Waals surface area contributed by atoms with E-state index < -0.39 is 4.92 Å². The molecule has 114 valence electrons. The Morgan fingerprint density at radius 3 is 2.86 bits per heavy atom. The van der Waals surface area contributed by atoms with E-state index in [0.29, 0.717) is 17.3 Å². The van der Waals surface area contributed by atoms with Crippen molar-refractivity contribution in [2.24, 2.45) is 5.92 Å². The van der Waals surface area contributed by atoms with Crippen molar-refractivity contribution in [2.75, 3.05) is 13.7 Å². The SMILES string of the molecule is COc1ccc(C(=O)NCC2CCCC2Br)cc1[N+](=O)[O-]. The van der Waals surface area contributed by atoms with Crippen LogP contribution in [0.15, 0.2) is 18.2 Å². The third kappa shape index (κ3) is 3.72. The van der Waals surface area contributed by atoms with Gasteiger partial charge in [-0.25, -0.2) is 0 Å². The highest BCUT2D eigenvalue weighted by molar-refractivity contribution is 9.09. The second-order valence-corrected chi connectivity index (χ2v) is 6.24. The summed E-state index contributed by atoms with van der Waals surface area (Å²) in [6, 6.07) is 4.21. The number of methoxy groups -OCH3 is 1. The number of nitrogens with zero attached hydrogens (tertiary/aromatic N) is 1. The van der Waals surface area contributed by atoms with Crippen molar-refractivity contribution in [1.82, 2.24) is 5.32 Å². The molecule has 0 aliphatic heterocycles. The van der Waals surface area contributed by atoms with Crippen LogP contribution in [0.3, 0.4) is 0 Å². The Hall–Kier alpha value is -1.63. The topological polar surface area (TPSA) is 81.5 Å². The Morgan fingerprint density at radius 2 is 2.29 bits per heavy atom. The van der Waals surface area contributed by atoms with Gasteiger partial charge in [-0.15, -0.1) is 0 Å². The first kappa shape index (κ1) is 15.8. The number of halogens is 1. The van der Waals surface area contributed by atoms with Gasteiger partial charge in [-0.1, -0.05) is 22.4 Å². The molecule has 1 N–H and O–H groups in total. The number of nitro groups is 1. The molecule has 0 heterocycles. The van der Waals surface area contributed by atoms with E-state index >= 15 is 0 Å². The molecule has 0 bridgehead atoms. The van der Waals surface area contributed by atoms with Gasteiger partial charge in [0, 0.05) is 23.0 Å². The van der Waals surface area contributed by atoms with E-state index in [0.717, 1.165) is 19.3 Å². The molecule has 2 unspecified atom stereocenters. The quantitative estimate of drug-likeness (QED) is 0.499. The molecule has 1 fully saturated rings. The number of carbonyl (C=O) groups excluding carboxylic acids is 1. The van der Waals surface area contributed by atoms with Gasteiger partial charge in [0.1, 0.15) is 0 Å². The lowest BCUT2D eigenvalue weighted by molar-refractivity contribution is -0.385. The molecule has 0 aromatic heterocycles. The van der Waals surface area contributed by atoms with Crippen molar-refractivity contribution in [1.29, 1.82) is 0 Å². The molecule has 1 aliphatic rings. The van der Waals surface area contributed by atoms with Crippen molar-refractivity contribution in [3.8, 4) is 5.75 Å². The number of carbonyl (C=O) groups is 1. The van der Waals surface area contributed by atoms with Crippen molar-refractivity contribution in [3.63, 3.8) is 0 Å². The van der Waals surface area contributed by atoms with Crippen molar-refractivity contribution in [2.45, 2.75) is 24.1 Å².